The van der Waals surface area contributed by atoms with E-state index in [1.165, 1.54) is 0 Å². The molecule has 0 saturated heterocycles. The molecule has 2 N–H and O–H groups in total. The monoisotopic (exact) mass is 402 g/mol. The topological polar surface area (TPSA) is 96.3 Å². The lowest BCUT2D eigenvalue weighted by molar-refractivity contribution is 0.181. The molecule has 0 aliphatic carbocycles. The van der Waals surface area contributed by atoms with E-state index in [-0.39, 0.29) is 0 Å². The smallest absolute Gasteiger partial charge is 0.170 e. The van der Waals surface area contributed by atoms with Crippen molar-refractivity contribution < 1.29 is 14.0 Å². The number of benzene rings is 1. The van der Waals surface area contributed by atoms with Crippen molar-refractivity contribution in [1.82, 2.24) is 15.1 Å². The molecule has 0 unspecified atom stereocenters. The Labute approximate surface area is 174 Å². The molecule has 0 aliphatic rings. The van der Waals surface area contributed by atoms with Crippen LogP contribution in [0.4, 0.5) is 5.82 Å². The number of nitrogens with zero attached hydrogens (tertiary/aromatic N) is 3. The van der Waals surface area contributed by atoms with Crippen molar-refractivity contribution >= 4 is 5.82 Å². The number of hydrogen-bond acceptors (Lipinski definition) is 7. The molecule has 0 atom stereocenters. The van der Waals surface area contributed by atoms with Gasteiger partial charge in [-0.25, -0.2) is 4.98 Å². The van der Waals surface area contributed by atoms with E-state index >= 15 is 0 Å². The first-order valence-corrected chi connectivity index (χ1v) is 9.53. The Morgan fingerprint density at radius 2 is 1.80 bits per heavy atom. The van der Waals surface area contributed by atoms with Crippen molar-refractivity contribution in [3.05, 3.63) is 89.5 Å². The van der Waals surface area contributed by atoms with Crippen LogP contribution < -0.4 is 10.5 Å². The van der Waals surface area contributed by atoms with Crippen molar-refractivity contribution in [3.63, 3.8) is 0 Å². The third kappa shape index (κ3) is 4.82. The largest absolute Gasteiger partial charge is 0.487 e. The number of aromatic nitrogens is 3. The summed E-state index contributed by atoms with van der Waals surface area (Å²) in [6.45, 7) is 0.846. The fourth-order valence-corrected chi connectivity index (χ4v) is 3.03. The van der Waals surface area contributed by atoms with Crippen molar-refractivity contribution in [2.75, 3.05) is 12.8 Å². The molecule has 0 amide bonds. The molecule has 0 saturated carbocycles. The lowest BCUT2D eigenvalue weighted by Gasteiger charge is -2.06. The summed E-state index contributed by atoms with van der Waals surface area (Å²) in [6.07, 6.45) is 2.39. The number of anilines is 1. The summed E-state index contributed by atoms with van der Waals surface area (Å²) in [5.74, 6) is 1.77. The number of nitrogens with two attached hydrogens (primary N) is 1. The van der Waals surface area contributed by atoms with Gasteiger partial charge in [-0.2, -0.15) is 0 Å². The van der Waals surface area contributed by atoms with Gasteiger partial charge in [-0.3, -0.25) is 4.98 Å². The summed E-state index contributed by atoms with van der Waals surface area (Å²) in [4.78, 5) is 8.58. The standard InChI is InChI=1S/C23H22N4O3/c1-28-14-18-7-10-21(23(24)26-18)22-13-19(27-30-22)12-16-5-8-20(9-6-16)29-15-17-4-2-3-11-25-17/h2-11,13H,12,14-15H2,1H3,(H2,24,26). The number of nitrogen functional groups attached to an aromatic ring is 1. The molecular formula is C23H22N4O3. The molecule has 1 aromatic carbocycles. The number of pyridine rings is 2. The van der Waals surface area contributed by atoms with Crippen LogP contribution in [0.3, 0.4) is 0 Å². The van der Waals surface area contributed by atoms with E-state index in [1.807, 2.05) is 60.7 Å². The molecule has 0 spiro atoms. The summed E-state index contributed by atoms with van der Waals surface area (Å²) in [6, 6.07) is 19.3. The number of ether oxygens (including phenoxy) is 2. The SMILES string of the molecule is COCc1ccc(-c2cc(Cc3ccc(OCc4ccccn4)cc3)no2)c(N)n1. The maximum absolute atomic E-state index is 6.06. The highest BCUT2D eigenvalue weighted by Crippen LogP contribution is 2.26. The van der Waals surface area contributed by atoms with E-state index in [1.54, 1.807) is 13.3 Å². The quantitative estimate of drug-likeness (QED) is 0.475. The van der Waals surface area contributed by atoms with E-state index in [9.17, 15) is 0 Å². The molecule has 7 nitrogen and oxygen atoms in total. The summed E-state index contributed by atoms with van der Waals surface area (Å²) >= 11 is 0. The molecule has 4 rings (SSSR count). The first-order chi connectivity index (χ1) is 14.7. The first-order valence-electron chi connectivity index (χ1n) is 9.53. The maximum atomic E-state index is 6.06. The zero-order valence-corrected chi connectivity index (χ0v) is 16.6. The second kappa shape index (κ2) is 9.19. The van der Waals surface area contributed by atoms with Gasteiger partial charge in [-0.15, -0.1) is 0 Å². The Balaban J connectivity index is 1.39. The second-order valence-corrected chi connectivity index (χ2v) is 6.78. The Hall–Kier alpha value is -3.71. The molecule has 4 aromatic rings. The van der Waals surface area contributed by atoms with Crippen LogP contribution in [-0.2, 0) is 24.4 Å². The zero-order valence-electron chi connectivity index (χ0n) is 16.6. The lowest BCUT2D eigenvalue weighted by atomic mass is 10.1. The minimum absolute atomic E-state index is 0.390. The molecule has 3 heterocycles. The molecule has 7 heteroatoms. The number of rotatable bonds is 8. The zero-order chi connectivity index (χ0) is 20.8. The van der Waals surface area contributed by atoms with Crippen molar-refractivity contribution in [2.24, 2.45) is 0 Å². The van der Waals surface area contributed by atoms with E-state index in [4.69, 9.17) is 19.7 Å². The lowest BCUT2D eigenvalue weighted by Crippen LogP contribution is -1.99. The fraction of sp³-hybridized carbons (Fsp3) is 0.174. The molecule has 0 radical (unpaired) electrons. The Kier molecular flexibility index (Phi) is 6.01. The van der Waals surface area contributed by atoms with Crippen LogP contribution >= 0.6 is 0 Å². The average molecular weight is 402 g/mol. The van der Waals surface area contributed by atoms with Gasteiger partial charge in [-0.05, 0) is 42.0 Å². The van der Waals surface area contributed by atoms with Gasteiger partial charge in [0.2, 0.25) is 0 Å². The van der Waals surface area contributed by atoms with Gasteiger partial charge in [0.25, 0.3) is 0 Å². The molecule has 0 fully saturated rings. The van der Waals surface area contributed by atoms with Crippen LogP contribution in [0.25, 0.3) is 11.3 Å². The van der Waals surface area contributed by atoms with Crippen LogP contribution in [0.2, 0.25) is 0 Å². The highest BCUT2D eigenvalue weighted by Gasteiger charge is 2.12. The highest BCUT2D eigenvalue weighted by molar-refractivity contribution is 5.69. The van der Waals surface area contributed by atoms with E-state index in [0.717, 1.165) is 28.4 Å². The number of hydrogen-bond donors (Lipinski definition) is 1. The van der Waals surface area contributed by atoms with Crippen molar-refractivity contribution in [1.29, 1.82) is 0 Å². The Morgan fingerprint density at radius 3 is 2.53 bits per heavy atom. The molecular weight excluding hydrogens is 380 g/mol. The van der Waals surface area contributed by atoms with E-state index in [0.29, 0.717) is 36.8 Å². The normalized spacial score (nSPS) is 10.8. The van der Waals surface area contributed by atoms with Crippen LogP contribution in [-0.4, -0.2) is 22.2 Å². The summed E-state index contributed by atoms with van der Waals surface area (Å²) in [5, 5.41) is 4.16. The van der Waals surface area contributed by atoms with Gasteiger partial charge >= 0.3 is 0 Å². The third-order valence-electron chi connectivity index (χ3n) is 4.52. The number of methoxy groups -OCH3 is 1. The Bertz CT molecular complexity index is 1100. The van der Waals surface area contributed by atoms with Gasteiger partial charge in [-0.1, -0.05) is 23.4 Å². The van der Waals surface area contributed by atoms with Gasteiger partial charge in [0.15, 0.2) is 5.76 Å². The molecule has 30 heavy (non-hydrogen) atoms. The first kappa shape index (κ1) is 19.6. The summed E-state index contributed by atoms with van der Waals surface area (Å²) in [7, 11) is 1.62. The average Bonchev–Trinajstić information content (AvgIpc) is 3.22. The second-order valence-electron chi connectivity index (χ2n) is 6.78. The predicted octanol–water partition coefficient (Wildman–Crippen LogP) is 4.03. The van der Waals surface area contributed by atoms with Gasteiger partial charge < -0.3 is 19.7 Å². The fourth-order valence-electron chi connectivity index (χ4n) is 3.03. The highest BCUT2D eigenvalue weighted by atomic mass is 16.5. The van der Waals surface area contributed by atoms with Crippen LogP contribution in [0.15, 0.2) is 71.4 Å². The van der Waals surface area contributed by atoms with Crippen molar-refractivity contribution in [2.45, 2.75) is 19.6 Å². The van der Waals surface area contributed by atoms with Gasteiger partial charge in [0.05, 0.1) is 29.3 Å². The third-order valence-corrected chi connectivity index (χ3v) is 4.52. The molecule has 0 aliphatic heterocycles. The van der Waals surface area contributed by atoms with E-state index in [2.05, 4.69) is 15.1 Å². The van der Waals surface area contributed by atoms with Crippen LogP contribution in [0.5, 0.6) is 5.75 Å². The van der Waals surface area contributed by atoms with Gasteiger partial charge in [0.1, 0.15) is 18.2 Å². The van der Waals surface area contributed by atoms with Crippen LogP contribution in [0.1, 0.15) is 22.6 Å². The van der Waals surface area contributed by atoms with Gasteiger partial charge in [0, 0.05) is 25.8 Å². The maximum Gasteiger partial charge on any atom is 0.170 e. The minimum atomic E-state index is 0.390. The summed E-state index contributed by atoms with van der Waals surface area (Å²) < 4.78 is 16.3. The predicted molar refractivity (Wildman–Crippen MR) is 113 cm³/mol. The summed E-state index contributed by atoms with van der Waals surface area (Å²) in [5.41, 5.74) is 10.3. The molecule has 0 bridgehead atoms. The Morgan fingerprint density at radius 1 is 0.933 bits per heavy atom. The van der Waals surface area contributed by atoms with E-state index < -0.39 is 0 Å². The molecule has 3 aromatic heterocycles. The van der Waals surface area contributed by atoms with Crippen LogP contribution in [0, 0.1) is 0 Å². The van der Waals surface area contributed by atoms with Crippen molar-refractivity contribution in [3.8, 4) is 17.1 Å². The minimum Gasteiger partial charge on any atom is -0.487 e. The molecule has 152 valence electrons.